The van der Waals surface area contributed by atoms with Crippen LogP contribution in [0.3, 0.4) is 0 Å². The van der Waals surface area contributed by atoms with Crippen LogP contribution in [0.5, 0.6) is 0 Å². The van der Waals surface area contributed by atoms with Gasteiger partial charge in [-0.1, -0.05) is 72.8 Å². The van der Waals surface area contributed by atoms with Crippen molar-refractivity contribution in [3.63, 3.8) is 0 Å². The molecule has 0 spiro atoms. The van der Waals surface area contributed by atoms with Gasteiger partial charge < -0.3 is 5.32 Å². The number of rotatable bonds is 4. The highest BCUT2D eigenvalue weighted by molar-refractivity contribution is 6.09. The molecular formula is C26H16F3N3O2. The molecule has 0 aliphatic heterocycles. The fraction of sp³-hybridized carbons (Fsp3) is 0.0385. The van der Waals surface area contributed by atoms with Crippen LogP contribution in [-0.2, 0) is 4.79 Å². The number of nitrogens with zero attached hydrogens (tertiary/aromatic N) is 2. The van der Waals surface area contributed by atoms with E-state index in [9.17, 15) is 22.8 Å². The first kappa shape index (κ1) is 21.4. The van der Waals surface area contributed by atoms with Crippen LogP contribution >= 0.6 is 0 Å². The number of hydrogen-bond donors (Lipinski definition) is 1. The molecule has 168 valence electrons. The molecular weight excluding hydrogens is 443 g/mol. The molecule has 0 bridgehead atoms. The van der Waals surface area contributed by atoms with Crippen molar-refractivity contribution < 1.29 is 22.8 Å². The zero-order chi connectivity index (χ0) is 23.9. The van der Waals surface area contributed by atoms with Gasteiger partial charge in [-0.05, 0) is 22.9 Å². The van der Waals surface area contributed by atoms with Gasteiger partial charge in [0.25, 0.3) is 0 Å². The van der Waals surface area contributed by atoms with Gasteiger partial charge in [-0.15, -0.1) is 0 Å². The monoisotopic (exact) mass is 459 g/mol. The molecule has 1 N–H and O–H groups in total. The second-order valence-corrected chi connectivity index (χ2v) is 7.63. The summed E-state index contributed by atoms with van der Waals surface area (Å²) in [5, 5.41) is 3.52. The summed E-state index contributed by atoms with van der Waals surface area (Å²) >= 11 is 0. The van der Waals surface area contributed by atoms with Crippen LogP contribution in [0.1, 0.15) is 15.9 Å². The van der Waals surface area contributed by atoms with E-state index in [0.29, 0.717) is 16.7 Å². The predicted octanol–water partition coefficient (Wildman–Crippen LogP) is 5.89. The van der Waals surface area contributed by atoms with Crippen LogP contribution in [0, 0.1) is 0 Å². The molecule has 3 aromatic carbocycles. The van der Waals surface area contributed by atoms with E-state index in [4.69, 9.17) is 0 Å². The maximum Gasteiger partial charge on any atom is 0.471 e. The molecule has 0 saturated carbocycles. The minimum atomic E-state index is -5.08. The first-order chi connectivity index (χ1) is 16.3. The van der Waals surface area contributed by atoms with E-state index in [0.717, 1.165) is 10.8 Å². The summed E-state index contributed by atoms with van der Waals surface area (Å²) in [4.78, 5) is 29.0. The fourth-order valence-electron chi connectivity index (χ4n) is 3.89. The zero-order valence-corrected chi connectivity index (χ0v) is 17.5. The fourth-order valence-corrected chi connectivity index (χ4v) is 3.89. The molecule has 5 nitrogen and oxygen atoms in total. The van der Waals surface area contributed by atoms with Crippen molar-refractivity contribution in [3.05, 3.63) is 102 Å². The Morgan fingerprint density at radius 1 is 0.794 bits per heavy atom. The Labute approximate surface area is 191 Å². The Bertz CT molecular complexity index is 1550. The van der Waals surface area contributed by atoms with Gasteiger partial charge >= 0.3 is 12.1 Å². The lowest BCUT2D eigenvalue weighted by atomic mass is 10.0. The number of ketones is 1. The van der Waals surface area contributed by atoms with Gasteiger partial charge in [0.2, 0.25) is 0 Å². The Morgan fingerprint density at radius 3 is 2.26 bits per heavy atom. The van der Waals surface area contributed by atoms with E-state index in [1.807, 2.05) is 35.6 Å². The van der Waals surface area contributed by atoms with Gasteiger partial charge in [-0.25, -0.2) is 4.98 Å². The highest BCUT2D eigenvalue weighted by Gasteiger charge is 2.39. The van der Waals surface area contributed by atoms with E-state index in [-0.39, 0.29) is 22.9 Å². The van der Waals surface area contributed by atoms with Crippen molar-refractivity contribution in [1.82, 2.24) is 9.38 Å². The standard InChI is InChI=1S/C26H16F3N3O2/c27-26(28,29)25(34)31-24-22(20-12-6-10-16-7-4-5-11-19(16)20)32-15-18(13-14-21(32)30-24)23(33)17-8-2-1-3-9-17/h1-15H,(H,31,34). The van der Waals surface area contributed by atoms with Crippen molar-refractivity contribution in [2.24, 2.45) is 0 Å². The second-order valence-electron chi connectivity index (χ2n) is 7.63. The number of aromatic nitrogens is 2. The molecule has 0 unspecified atom stereocenters. The highest BCUT2D eigenvalue weighted by Crippen LogP contribution is 2.35. The van der Waals surface area contributed by atoms with Gasteiger partial charge in [-0.3, -0.25) is 14.0 Å². The third kappa shape index (κ3) is 3.79. The number of pyridine rings is 1. The van der Waals surface area contributed by atoms with Crippen LogP contribution in [0.25, 0.3) is 27.7 Å². The molecule has 0 saturated heterocycles. The van der Waals surface area contributed by atoms with E-state index >= 15 is 0 Å². The number of anilines is 1. The minimum Gasteiger partial charge on any atom is -0.301 e. The average molecular weight is 459 g/mol. The van der Waals surface area contributed by atoms with E-state index in [1.54, 1.807) is 48.5 Å². The smallest absolute Gasteiger partial charge is 0.301 e. The highest BCUT2D eigenvalue weighted by atomic mass is 19.4. The summed E-state index contributed by atoms with van der Waals surface area (Å²) in [7, 11) is 0. The first-order valence-electron chi connectivity index (χ1n) is 10.3. The third-order valence-corrected chi connectivity index (χ3v) is 5.45. The number of alkyl halides is 3. The molecule has 1 amide bonds. The molecule has 2 heterocycles. The molecule has 5 rings (SSSR count). The molecule has 34 heavy (non-hydrogen) atoms. The van der Waals surface area contributed by atoms with Gasteiger partial charge in [0.15, 0.2) is 11.6 Å². The zero-order valence-electron chi connectivity index (χ0n) is 17.5. The molecule has 0 radical (unpaired) electrons. The number of benzene rings is 3. The summed E-state index contributed by atoms with van der Waals surface area (Å²) in [6.45, 7) is 0. The first-order valence-corrected chi connectivity index (χ1v) is 10.3. The lowest BCUT2D eigenvalue weighted by molar-refractivity contribution is -0.167. The van der Waals surface area contributed by atoms with Gasteiger partial charge in [0.1, 0.15) is 5.65 Å². The maximum atomic E-state index is 13.0. The van der Waals surface area contributed by atoms with Gasteiger partial charge in [0.05, 0.1) is 5.69 Å². The van der Waals surface area contributed by atoms with Crippen molar-refractivity contribution >= 4 is 33.9 Å². The van der Waals surface area contributed by atoms with Crippen LogP contribution in [-0.4, -0.2) is 27.3 Å². The maximum absolute atomic E-state index is 13.0. The van der Waals surface area contributed by atoms with Crippen molar-refractivity contribution in [2.45, 2.75) is 6.18 Å². The lowest BCUT2D eigenvalue weighted by Gasteiger charge is -2.11. The normalized spacial score (nSPS) is 11.6. The molecule has 0 atom stereocenters. The lowest BCUT2D eigenvalue weighted by Crippen LogP contribution is -2.30. The number of carbonyl (C=O) groups is 2. The number of amides is 1. The number of nitrogens with one attached hydrogen (secondary N) is 1. The molecule has 0 aliphatic rings. The third-order valence-electron chi connectivity index (χ3n) is 5.45. The molecule has 5 aromatic rings. The van der Waals surface area contributed by atoms with Crippen LogP contribution in [0.2, 0.25) is 0 Å². The minimum absolute atomic E-state index is 0.243. The largest absolute Gasteiger partial charge is 0.471 e. The summed E-state index contributed by atoms with van der Waals surface area (Å²) in [5.74, 6) is -2.62. The van der Waals surface area contributed by atoms with Crippen molar-refractivity contribution in [1.29, 1.82) is 0 Å². The van der Waals surface area contributed by atoms with Gasteiger partial charge in [-0.2, -0.15) is 13.2 Å². The number of carbonyl (C=O) groups excluding carboxylic acids is 2. The Balaban J connectivity index is 1.75. The Hall–Kier alpha value is -4.46. The Morgan fingerprint density at radius 2 is 1.50 bits per heavy atom. The van der Waals surface area contributed by atoms with E-state index in [1.165, 1.54) is 16.7 Å². The predicted molar refractivity (Wildman–Crippen MR) is 123 cm³/mol. The van der Waals surface area contributed by atoms with E-state index < -0.39 is 12.1 Å². The van der Waals surface area contributed by atoms with Crippen molar-refractivity contribution in [3.8, 4) is 11.3 Å². The molecule has 0 fully saturated rings. The topological polar surface area (TPSA) is 63.5 Å². The van der Waals surface area contributed by atoms with Gasteiger partial charge in [0, 0.05) is 22.9 Å². The SMILES string of the molecule is O=C(c1ccccc1)c1ccc2nc(NC(=O)C(F)(F)F)c(-c3cccc4ccccc34)n2c1. The summed E-state index contributed by atoms with van der Waals surface area (Å²) < 4.78 is 40.7. The molecule has 2 aromatic heterocycles. The van der Waals surface area contributed by atoms with E-state index in [2.05, 4.69) is 4.98 Å². The number of fused-ring (bicyclic) bond motifs is 2. The van der Waals surface area contributed by atoms with Crippen LogP contribution in [0.4, 0.5) is 19.0 Å². The summed E-state index contributed by atoms with van der Waals surface area (Å²) in [6.07, 6.45) is -3.56. The second kappa shape index (κ2) is 8.15. The van der Waals surface area contributed by atoms with Crippen LogP contribution < -0.4 is 5.32 Å². The van der Waals surface area contributed by atoms with Crippen LogP contribution in [0.15, 0.2) is 91.1 Å². The Kier molecular flexibility index (Phi) is 5.13. The quantitative estimate of drug-likeness (QED) is 0.341. The number of hydrogen-bond acceptors (Lipinski definition) is 3. The van der Waals surface area contributed by atoms with Crippen molar-refractivity contribution in [2.75, 3.05) is 5.32 Å². The summed E-state index contributed by atoms with van der Waals surface area (Å²) in [5.41, 5.74) is 1.88. The number of imidazole rings is 1. The summed E-state index contributed by atoms with van der Waals surface area (Å²) in [6, 6.07) is 24.5. The molecule has 0 aliphatic carbocycles. The molecule has 8 heteroatoms. The number of halogens is 3. The average Bonchev–Trinajstić information content (AvgIpc) is 3.20.